The molecule has 0 fully saturated rings. The first-order chi connectivity index (χ1) is 8.58. The van der Waals surface area contributed by atoms with Crippen molar-refractivity contribution in [3.05, 3.63) is 53.1 Å². The van der Waals surface area contributed by atoms with Crippen molar-refractivity contribution < 1.29 is 10.2 Å². The molecule has 0 amide bonds. The van der Waals surface area contributed by atoms with Gasteiger partial charge in [-0.3, -0.25) is 0 Å². The summed E-state index contributed by atoms with van der Waals surface area (Å²) < 4.78 is 0. The van der Waals surface area contributed by atoms with Gasteiger partial charge >= 0.3 is 0 Å². The Morgan fingerprint density at radius 1 is 1.00 bits per heavy atom. The zero-order valence-electron chi connectivity index (χ0n) is 10.6. The van der Waals surface area contributed by atoms with Crippen LogP contribution >= 0.6 is 0 Å². The molecule has 2 aromatic rings. The van der Waals surface area contributed by atoms with Crippen LogP contribution in [-0.4, -0.2) is 10.2 Å². The fourth-order valence-electron chi connectivity index (χ4n) is 1.77. The van der Waals surface area contributed by atoms with E-state index >= 15 is 0 Å². The van der Waals surface area contributed by atoms with Gasteiger partial charge in [0.15, 0.2) is 11.5 Å². The Kier molecular flexibility index (Phi) is 3.42. The third kappa shape index (κ3) is 2.56. The molecule has 0 atom stereocenters. The highest BCUT2D eigenvalue weighted by Gasteiger charge is 2.05. The lowest BCUT2D eigenvalue weighted by Crippen LogP contribution is -2.00. The molecule has 18 heavy (non-hydrogen) atoms. The molecule has 0 unspecified atom stereocenters. The van der Waals surface area contributed by atoms with Crippen LogP contribution in [0.2, 0.25) is 0 Å². The molecule has 3 nitrogen and oxygen atoms in total. The number of nitrogens with one attached hydrogen (secondary N) is 1. The second-order valence-electron chi connectivity index (χ2n) is 4.44. The average molecular weight is 243 g/mol. The van der Waals surface area contributed by atoms with Gasteiger partial charge in [0.25, 0.3) is 0 Å². The fourth-order valence-corrected chi connectivity index (χ4v) is 1.77. The average Bonchev–Trinajstić information content (AvgIpc) is 2.35. The van der Waals surface area contributed by atoms with Gasteiger partial charge in [0.1, 0.15) is 0 Å². The number of aryl methyl sites for hydroxylation is 2. The number of para-hydroxylation sites is 1. The highest BCUT2D eigenvalue weighted by molar-refractivity contribution is 5.51. The molecule has 0 heterocycles. The van der Waals surface area contributed by atoms with Gasteiger partial charge in [0.2, 0.25) is 0 Å². The van der Waals surface area contributed by atoms with Crippen molar-refractivity contribution in [2.45, 2.75) is 20.4 Å². The summed E-state index contributed by atoms with van der Waals surface area (Å²) in [6.45, 7) is 4.61. The van der Waals surface area contributed by atoms with Gasteiger partial charge in [-0.1, -0.05) is 18.2 Å². The van der Waals surface area contributed by atoms with E-state index in [1.165, 1.54) is 17.2 Å². The number of hydrogen-bond acceptors (Lipinski definition) is 3. The number of benzene rings is 2. The lowest BCUT2D eigenvalue weighted by atomic mass is 10.1. The molecule has 0 saturated carbocycles. The summed E-state index contributed by atoms with van der Waals surface area (Å²) in [5.74, 6) is -0.150. The van der Waals surface area contributed by atoms with Crippen LogP contribution in [0, 0.1) is 13.8 Å². The maximum absolute atomic E-state index is 9.68. The molecule has 0 aliphatic rings. The number of anilines is 1. The number of phenols is 2. The maximum atomic E-state index is 9.68. The van der Waals surface area contributed by atoms with E-state index in [2.05, 4.69) is 31.3 Å². The Balaban J connectivity index is 2.11. The van der Waals surface area contributed by atoms with Crippen LogP contribution in [0.25, 0.3) is 0 Å². The lowest BCUT2D eigenvalue weighted by molar-refractivity contribution is 0.400. The standard InChI is InChI=1S/C15H17NO2/c1-10-6-7-13(8-11(10)2)16-9-12-4-3-5-14(17)15(12)18/h3-8,16-18H,9H2,1-2H3. The van der Waals surface area contributed by atoms with Gasteiger partial charge in [-0.2, -0.15) is 0 Å². The minimum Gasteiger partial charge on any atom is -0.504 e. The number of phenolic OH excluding ortho intramolecular Hbond substituents is 2. The van der Waals surface area contributed by atoms with Gasteiger partial charge < -0.3 is 15.5 Å². The van der Waals surface area contributed by atoms with Gasteiger partial charge in [0, 0.05) is 17.8 Å². The molecule has 94 valence electrons. The highest BCUT2D eigenvalue weighted by Crippen LogP contribution is 2.28. The summed E-state index contributed by atoms with van der Waals surface area (Å²) in [5, 5.41) is 22.3. The molecule has 2 aromatic carbocycles. The molecule has 0 spiro atoms. The van der Waals surface area contributed by atoms with E-state index in [9.17, 15) is 10.2 Å². The normalized spacial score (nSPS) is 10.3. The van der Waals surface area contributed by atoms with Crippen molar-refractivity contribution in [2.75, 3.05) is 5.32 Å². The molecule has 0 aliphatic heterocycles. The summed E-state index contributed by atoms with van der Waals surface area (Å²) in [6.07, 6.45) is 0. The van der Waals surface area contributed by atoms with Gasteiger partial charge in [0.05, 0.1) is 0 Å². The summed E-state index contributed by atoms with van der Waals surface area (Å²) in [7, 11) is 0. The Hall–Kier alpha value is -2.16. The van der Waals surface area contributed by atoms with E-state index in [1.807, 2.05) is 6.07 Å². The van der Waals surface area contributed by atoms with Crippen LogP contribution in [-0.2, 0) is 6.54 Å². The van der Waals surface area contributed by atoms with Crippen molar-refractivity contribution in [1.29, 1.82) is 0 Å². The molecule has 0 radical (unpaired) electrons. The lowest BCUT2D eigenvalue weighted by Gasteiger charge is -2.10. The third-order valence-electron chi connectivity index (χ3n) is 3.09. The van der Waals surface area contributed by atoms with Crippen LogP contribution in [0.1, 0.15) is 16.7 Å². The van der Waals surface area contributed by atoms with Crippen LogP contribution in [0.3, 0.4) is 0 Å². The Labute approximate surface area is 107 Å². The van der Waals surface area contributed by atoms with Crippen molar-refractivity contribution in [3.8, 4) is 11.5 Å². The number of aromatic hydroxyl groups is 2. The van der Waals surface area contributed by atoms with Crippen molar-refractivity contribution in [3.63, 3.8) is 0 Å². The second kappa shape index (κ2) is 5.00. The second-order valence-corrected chi connectivity index (χ2v) is 4.44. The zero-order valence-corrected chi connectivity index (χ0v) is 10.6. The van der Waals surface area contributed by atoms with E-state index in [1.54, 1.807) is 12.1 Å². The Bertz CT molecular complexity index is 564. The van der Waals surface area contributed by atoms with Gasteiger partial charge in [-0.25, -0.2) is 0 Å². The van der Waals surface area contributed by atoms with E-state index in [4.69, 9.17) is 0 Å². The SMILES string of the molecule is Cc1ccc(NCc2cccc(O)c2O)cc1C. The smallest absolute Gasteiger partial charge is 0.162 e. The van der Waals surface area contributed by atoms with Crippen LogP contribution < -0.4 is 5.32 Å². The molecule has 0 aliphatic carbocycles. The molecule has 0 bridgehead atoms. The topological polar surface area (TPSA) is 52.5 Å². The minimum absolute atomic E-state index is 0.0613. The van der Waals surface area contributed by atoms with Gasteiger partial charge in [-0.15, -0.1) is 0 Å². The van der Waals surface area contributed by atoms with E-state index in [0.29, 0.717) is 12.1 Å². The van der Waals surface area contributed by atoms with Crippen LogP contribution in [0.4, 0.5) is 5.69 Å². The van der Waals surface area contributed by atoms with Crippen molar-refractivity contribution in [1.82, 2.24) is 0 Å². The monoisotopic (exact) mass is 243 g/mol. The van der Waals surface area contributed by atoms with E-state index in [0.717, 1.165) is 5.69 Å². The molecular formula is C15H17NO2. The van der Waals surface area contributed by atoms with Gasteiger partial charge in [-0.05, 0) is 43.2 Å². The first-order valence-electron chi connectivity index (χ1n) is 5.89. The molecule has 0 aromatic heterocycles. The fraction of sp³-hybridized carbons (Fsp3) is 0.200. The minimum atomic E-state index is -0.0885. The predicted octanol–water partition coefficient (Wildman–Crippen LogP) is 3.33. The zero-order chi connectivity index (χ0) is 13.1. The van der Waals surface area contributed by atoms with Crippen molar-refractivity contribution >= 4 is 5.69 Å². The summed E-state index contributed by atoms with van der Waals surface area (Å²) >= 11 is 0. The number of hydrogen-bond donors (Lipinski definition) is 3. The van der Waals surface area contributed by atoms with Crippen LogP contribution in [0.15, 0.2) is 36.4 Å². The molecule has 3 N–H and O–H groups in total. The largest absolute Gasteiger partial charge is 0.504 e. The summed E-state index contributed by atoms with van der Waals surface area (Å²) in [5.41, 5.74) is 4.15. The van der Waals surface area contributed by atoms with Crippen molar-refractivity contribution in [2.24, 2.45) is 0 Å². The molecule has 2 rings (SSSR count). The Morgan fingerprint density at radius 3 is 2.50 bits per heavy atom. The first kappa shape index (κ1) is 12.3. The summed E-state index contributed by atoms with van der Waals surface area (Å²) in [6, 6.07) is 11.1. The maximum Gasteiger partial charge on any atom is 0.162 e. The molecular weight excluding hydrogens is 226 g/mol. The predicted molar refractivity (Wildman–Crippen MR) is 73.0 cm³/mol. The van der Waals surface area contributed by atoms with E-state index in [-0.39, 0.29) is 11.5 Å². The third-order valence-corrected chi connectivity index (χ3v) is 3.09. The number of rotatable bonds is 3. The molecule has 3 heteroatoms. The quantitative estimate of drug-likeness (QED) is 0.725. The van der Waals surface area contributed by atoms with Crippen LogP contribution in [0.5, 0.6) is 11.5 Å². The Morgan fingerprint density at radius 2 is 1.78 bits per heavy atom. The summed E-state index contributed by atoms with van der Waals surface area (Å²) in [4.78, 5) is 0. The first-order valence-corrected chi connectivity index (χ1v) is 5.89. The molecule has 0 saturated heterocycles. The van der Waals surface area contributed by atoms with E-state index < -0.39 is 0 Å². The highest BCUT2D eigenvalue weighted by atomic mass is 16.3.